The Hall–Kier alpha value is -2.04. The van der Waals surface area contributed by atoms with Crippen molar-refractivity contribution in [2.45, 2.75) is 51.7 Å². The summed E-state index contributed by atoms with van der Waals surface area (Å²) in [6.45, 7) is 3.47. The highest BCUT2D eigenvalue weighted by atomic mass is 16.5. The molecule has 0 radical (unpaired) electrons. The number of esters is 1. The number of benzene rings is 1. The quantitative estimate of drug-likeness (QED) is 0.849. The zero-order valence-corrected chi connectivity index (χ0v) is 13.3. The lowest BCUT2D eigenvalue weighted by Crippen LogP contribution is -2.40. The molecule has 0 heterocycles. The fraction of sp³-hybridized carbons (Fsp3) is 0.529. The summed E-state index contributed by atoms with van der Waals surface area (Å²) in [6, 6.07) is 5.48. The van der Waals surface area contributed by atoms with Crippen molar-refractivity contribution in [2.75, 3.05) is 7.11 Å². The first kappa shape index (κ1) is 16.3. The minimum absolute atomic E-state index is 0.210. The molecule has 120 valence electrons. The standard InChI is InChI=1S/C17H23NO4/c1-11-8-9-15(21-3)14(10-11)17(20)22-12(2)16(19)18-13-6-4-5-7-13/h8-10,12-13H,4-7H2,1-3H3,(H,18,19)/t12-/m0/s1. The van der Waals surface area contributed by atoms with E-state index in [9.17, 15) is 9.59 Å². The zero-order chi connectivity index (χ0) is 16.1. The Bertz CT molecular complexity index is 550. The van der Waals surface area contributed by atoms with Crippen LogP contribution in [-0.2, 0) is 9.53 Å². The maximum absolute atomic E-state index is 12.2. The Labute approximate surface area is 131 Å². The lowest BCUT2D eigenvalue weighted by atomic mass is 10.1. The van der Waals surface area contributed by atoms with E-state index >= 15 is 0 Å². The molecular weight excluding hydrogens is 282 g/mol. The third kappa shape index (κ3) is 4.00. The van der Waals surface area contributed by atoms with Gasteiger partial charge < -0.3 is 14.8 Å². The molecular formula is C17H23NO4. The maximum atomic E-state index is 12.2. The molecule has 0 aromatic heterocycles. The number of nitrogens with one attached hydrogen (secondary N) is 1. The van der Waals surface area contributed by atoms with Gasteiger partial charge in [-0.25, -0.2) is 4.79 Å². The van der Waals surface area contributed by atoms with Gasteiger partial charge in [-0.1, -0.05) is 24.5 Å². The van der Waals surface area contributed by atoms with E-state index in [1.807, 2.05) is 13.0 Å². The second-order valence-electron chi connectivity index (χ2n) is 5.74. The summed E-state index contributed by atoms with van der Waals surface area (Å²) >= 11 is 0. The molecule has 2 rings (SSSR count). The van der Waals surface area contributed by atoms with Crippen molar-refractivity contribution in [1.82, 2.24) is 5.32 Å². The molecule has 1 aliphatic rings. The topological polar surface area (TPSA) is 64.6 Å². The first-order valence-electron chi connectivity index (χ1n) is 7.67. The van der Waals surface area contributed by atoms with Gasteiger partial charge in [-0.05, 0) is 38.8 Å². The summed E-state index contributed by atoms with van der Waals surface area (Å²) in [5.74, 6) is -0.347. The summed E-state index contributed by atoms with van der Waals surface area (Å²) in [4.78, 5) is 24.3. The average Bonchev–Trinajstić information content (AvgIpc) is 2.99. The molecule has 22 heavy (non-hydrogen) atoms. The summed E-state index contributed by atoms with van der Waals surface area (Å²) in [6.07, 6.45) is 3.45. The van der Waals surface area contributed by atoms with Gasteiger partial charge in [0.25, 0.3) is 5.91 Å². The van der Waals surface area contributed by atoms with E-state index in [1.54, 1.807) is 19.1 Å². The van der Waals surface area contributed by atoms with Crippen LogP contribution >= 0.6 is 0 Å². The van der Waals surface area contributed by atoms with Crippen molar-refractivity contribution >= 4 is 11.9 Å². The molecule has 1 aromatic carbocycles. The molecule has 0 spiro atoms. The normalized spacial score (nSPS) is 16.1. The van der Waals surface area contributed by atoms with Crippen molar-refractivity contribution < 1.29 is 19.1 Å². The van der Waals surface area contributed by atoms with E-state index in [1.165, 1.54) is 7.11 Å². The maximum Gasteiger partial charge on any atom is 0.342 e. The Balaban J connectivity index is 1.98. The van der Waals surface area contributed by atoms with Crippen molar-refractivity contribution in [3.05, 3.63) is 29.3 Å². The predicted molar refractivity (Wildman–Crippen MR) is 83.0 cm³/mol. The van der Waals surface area contributed by atoms with Crippen LogP contribution in [0.15, 0.2) is 18.2 Å². The number of methoxy groups -OCH3 is 1. The van der Waals surface area contributed by atoms with Gasteiger partial charge in [-0.3, -0.25) is 4.79 Å². The Morgan fingerprint density at radius 1 is 1.27 bits per heavy atom. The molecule has 5 heteroatoms. The summed E-state index contributed by atoms with van der Waals surface area (Å²) in [5.41, 5.74) is 1.26. The van der Waals surface area contributed by atoms with Crippen LogP contribution in [0.4, 0.5) is 0 Å². The van der Waals surface area contributed by atoms with Crippen LogP contribution in [0.25, 0.3) is 0 Å². The molecule has 5 nitrogen and oxygen atoms in total. The molecule has 1 fully saturated rings. The van der Waals surface area contributed by atoms with E-state index in [0.29, 0.717) is 11.3 Å². The molecule has 1 aliphatic carbocycles. The smallest absolute Gasteiger partial charge is 0.342 e. The van der Waals surface area contributed by atoms with Crippen LogP contribution in [0.3, 0.4) is 0 Å². The first-order chi connectivity index (χ1) is 10.5. The van der Waals surface area contributed by atoms with Gasteiger partial charge in [-0.15, -0.1) is 0 Å². The molecule has 0 aliphatic heterocycles. The Kier molecular flexibility index (Phi) is 5.41. The van der Waals surface area contributed by atoms with Crippen LogP contribution in [-0.4, -0.2) is 31.1 Å². The summed E-state index contributed by atoms with van der Waals surface area (Å²) < 4.78 is 10.4. The second-order valence-corrected chi connectivity index (χ2v) is 5.74. The summed E-state index contributed by atoms with van der Waals surface area (Å²) in [7, 11) is 1.50. The summed E-state index contributed by atoms with van der Waals surface area (Å²) in [5, 5.41) is 2.93. The van der Waals surface area contributed by atoms with Gasteiger partial charge in [0.1, 0.15) is 11.3 Å². The third-order valence-electron chi connectivity index (χ3n) is 3.93. The highest BCUT2D eigenvalue weighted by molar-refractivity contribution is 5.94. The van der Waals surface area contributed by atoms with Crippen LogP contribution in [0.1, 0.15) is 48.5 Å². The SMILES string of the molecule is COc1ccc(C)cc1C(=O)O[C@@H](C)C(=O)NC1CCCC1. The van der Waals surface area contributed by atoms with Crippen molar-refractivity contribution in [2.24, 2.45) is 0 Å². The minimum atomic E-state index is -0.821. The number of hydrogen-bond donors (Lipinski definition) is 1. The fourth-order valence-corrected chi connectivity index (χ4v) is 2.65. The van der Waals surface area contributed by atoms with Gasteiger partial charge in [-0.2, -0.15) is 0 Å². The number of rotatable bonds is 5. The highest BCUT2D eigenvalue weighted by Crippen LogP contribution is 2.21. The van der Waals surface area contributed by atoms with E-state index < -0.39 is 12.1 Å². The van der Waals surface area contributed by atoms with E-state index in [2.05, 4.69) is 5.32 Å². The Morgan fingerprint density at radius 3 is 2.59 bits per heavy atom. The van der Waals surface area contributed by atoms with Gasteiger partial charge in [0.15, 0.2) is 6.10 Å². The van der Waals surface area contributed by atoms with Crippen LogP contribution in [0.2, 0.25) is 0 Å². The lowest BCUT2D eigenvalue weighted by molar-refractivity contribution is -0.129. The molecule has 1 aromatic rings. The molecule has 1 amide bonds. The number of hydrogen-bond acceptors (Lipinski definition) is 4. The van der Waals surface area contributed by atoms with Crippen molar-refractivity contribution in [1.29, 1.82) is 0 Å². The number of aryl methyl sites for hydroxylation is 1. The van der Waals surface area contributed by atoms with Crippen molar-refractivity contribution in [3.63, 3.8) is 0 Å². The largest absolute Gasteiger partial charge is 0.496 e. The molecule has 1 atom stereocenters. The molecule has 1 N–H and O–H groups in total. The molecule has 0 saturated heterocycles. The number of carbonyl (C=O) groups is 2. The van der Waals surface area contributed by atoms with Gasteiger partial charge in [0.2, 0.25) is 0 Å². The highest BCUT2D eigenvalue weighted by Gasteiger charge is 2.24. The first-order valence-corrected chi connectivity index (χ1v) is 7.67. The second kappa shape index (κ2) is 7.29. The number of carbonyl (C=O) groups excluding carboxylic acids is 2. The van der Waals surface area contributed by atoms with Crippen LogP contribution in [0.5, 0.6) is 5.75 Å². The number of ether oxygens (including phenoxy) is 2. The average molecular weight is 305 g/mol. The van der Waals surface area contributed by atoms with Crippen molar-refractivity contribution in [3.8, 4) is 5.75 Å². The molecule has 0 unspecified atom stereocenters. The van der Waals surface area contributed by atoms with Gasteiger partial charge in [0, 0.05) is 6.04 Å². The van der Waals surface area contributed by atoms with Gasteiger partial charge in [0.05, 0.1) is 7.11 Å². The van der Waals surface area contributed by atoms with Crippen LogP contribution in [0, 0.1) is 6.92 Å². The monoisotopic (exact) mass is 305 g/mol. The minimum Gasteiger partial charge on any atom is -0.496 e. The van der Waals surface area contributed by atoms with Gasteiger partial charge >= 0.3 is 5.97 Å². The third-order valence-corrected chi connectivity index (χ3v) is 3.93. The zero-order valence-electron chi connectivity index (χ0n) is 13.3. The van der Waals surface area contributed by atoms with E-state index in [-0.39, 0.29) is 11.9 Å². The van der Waals surface area contributed by atoms with E-state index in [0.717, 1.165) is 31.2 Å². The van der Waals surface area contributed by atoms with E-state index in [4.69, 9.17) is 9.47 Å². The number of amides is 1. The Morgan fingerprint density at radius 2 is 1.95 bits per heavy atom. The van der Waals surface area contributed by atoms with Crippen LogP contribution < -0.4 is 10.1 Å². The molecule has 0 bridgehead atoms. The predicted octanol–water partition coefficient (Wildman–Crippen LogP) is 2.61. The fourth-order valence-electron chi connectivity index (χ4n) is 2.65. The lowest BCUT2D eigenvalue weighted by Gasteiger charge is -2.17. The molecule has 1 saturated carbocycles.